The van der Waals surface area contributed by atoms with Crippen LogP contribution >= 0.6 is 23.2 Å². The number of alkyl halides is 2. The first-order valence-corrected chi connectivity index (χ1v) is 3.94. The third-order valence-corrected chi connectivity index (χ3v) is 1.47. The molecule has 0 fully saturated rings. The van der Waals surface area contributed by atoms with Crippen molar-refractivity contribution in [2.75, 3.05) is 5.32 Å². The summed E-state index contributed by atoms with van der Waals surface area (Å²) in [6.07, 6.45) is 3.09. The van der Waals surface area contributed by atoms with Crippen LogP contribution in [0.25, 0.3) is 0 Å². The number of anilines is 1. The Bertz CT molecular complexity index is 265. The molecule has 66 valence electrons. The van der Waals surface area contributed by atoms with E-state index in [0.29, 0.717) is 5.95 Å². The van der Waals surface area contributed by atoms with Crippen molar-refractivity contribution in [2.45, 2.75) is 11.3 Å². The smallest absolute Gasteiger partial charge is 0.262 e. The summed E-state index contributed by atoms with van der Waals surface area (Å²) in [5.74, 6) is -0.187. The van der Waals surface area contributed by atoms with Gasteiger partial charge in [0, 0.05) is 12.4 Å². The van der Waals surface area contributed by atoms with Crippen molar-refractivity contribution in [1.82, 2.24) is 9.97 Å². The van der Waals surface area contributed by atoms with Gasteiger partial charge in [0.2, 0.25) is 5.95 Å². The summed E-state index contributed by atoms with van der Waals surface area (Å²) in [5, 5.41) is 2.39. The molecule has 0 unspecified atom stereocenters. The second-order valence-electron chi connectivity index (χ2n) is 2.28. The summed E-state index contributed by atoms with van der Waals surface area (Å²) in [7, 11) is 0. The van der Waals surface area contributed by atoms with Gasteiger partial charge in [-0.05, 0) is 6.92 Å². The second kappa shape index (κ2) is 3.33. The second-order valence-corrected chi connectivity index (χ2v) is 3.99. The highest BCUT2D eigenvalue weighted by atomic mass is 35.5. The van der Waals surface area contributed by atoms with Crippen molar-refractivity contribution >= 4 is 35.1 Å². The van der Waals surface area contributed by atoms with Gasteiger partial charge >= 0.3 is 0 Å². The van der Waals surface area contributed by atoms with Crippen LogP contribution in [0.2, 0.25) is 0 Å². The zero-order valence-electron chi connectivity index (χ0n) is 6.27. The number of hydrogen-bond acceptors (Lipinski definition) is 2. The van der Waals surface area contributed by atoms with Gasteiger partial charge in [0.25, 0.3) is 5.91 Å². The fraction of sp³-hybridized carbons (Fsp3) is 0.333. The maximum absolute atomic E-state index is 11.1. The van der Waals surface area contributed by atoms with E-state index in [1.807, 2.05) is 0 Å². The van der Waals surface area contributed by atoms with E-state index in [4.69, 9.17) is 23.2 Å². The van der Waals surface area contributed by atoms with Gasteiger partial charge in [-0.15, -0.1) is 0 Å². The Morgan fingerprint density at radius 3 is 2.83 bits per heavy atom. The van der Waals surface area contributed by atoms with E-state index in [-0.39, 0.29) is 0 Å². The zero-order valence-corrected chi connectivity index (χ0v) is 7.78. The molecule has 4 nitrogen and oxygen atoms in total. The molecule has 1 aromatic heterocycles. The highest BCUT2D eigenvalue weighted by Crippen LogP contribution is 2.20. The maximum atomic E-state index is 11.1. The number of aromatic nitrogens is 2. The Kier molecular flexibility index (Phi) is 2.59. The third-order valence-electron chi connectivity index (χ3n) is 1.13. The summed E-state index contributed by atoms with van der Waals surface area (Å²) >= 11 is 11.0. The molecule has 0 aromatic carbocycles. The minimum atomic E-state index is -1.44. The van der Waals surface area contributed by atoms with Crippen molar-refractivity contribution in [2.24, 2.45) is 0 Å². The molecule has 6 heteroatoms. The first kappa shape index (κ1) is 9.35. The van der Waals surface area contributed by atoms with Crippen molar-refractivity contribution in [3.05, 3.63) is 12.4 Å². The monoisotopic (exact) mass is 207 g/mol. The van der Waals surface area contributed by atoms with Crippen LogP contribution in [0.5, 0.6) is 0 Å². The number of aromatic amines is 1. The van der Waals surface area contributed by atoms with Crippen LogP contribution in [0.1, 0.15) is 6.92 Å². The number of carbonyl (C=O) groups excluding carboxylic acids is 1. The minimum Gasteiger partial charge on any atom is -0.331 e. The molecule has 0 bridgehead atoms. The van der Waals surface area contributed by atoms with E-state index in [1.165, 1.54) is 13.1 Å². The Morgan fingerprint density at radius 1 is 1.75 bits per heavy atom. The molecule has 0 spiro atoms. The minimum absolute atomic E-state index is 0.326. The summed E-state index contributed by atoms with van der Waals surface area (Å²) < 4.78 is -1.44. The first-order chi connectivity index (χ1) is 5.50. The quantitative estimate of drug-likeness (QED) is 0.724. The van der Waals surface area contributed by atoms with Gasteiger partial charge in [-0.25, -0.2) is 4.98 Å². The molecule has 0 aliphatic rings. The Balaban J connectivity index is 2.60. The topological polar surface area (TPSA) is 57.8 Å². The fourth-order valence-corrected chi connectivity index (χ4v) is 0.645. The number of rotatable bonds is 2. The van der Waals surface area contributed by atoms with E-state index >= 15 is 0 Å². The molecule has 2 N–H and O–H groups in total. The number of carbonyl (C=O) groups is 1. The molecule has 0 aliphatic heterocycles. The number of nitrogens with zero attached hydrogens (tertiary/aromatic N) is 1. The van der Waals surface area contributed by atoms with Gasteiger partial charge in [0.15, 0.2) is 4.33 Å². The van der Waals surface area contributed by atoms with Crippen LogP contribution in [0, 0.1) is 0 Å². The highest BCUT2D eigenvalue weighted by molar-refractivity contribution is 6.58. The summed E-state index contributed by atoms with van der Waals surface area (Å²) in [6, 6.07) is 0. The summed E-state index contributed by atoms with van der Waals surface area (Å²) in [4.78, 5) is 17.5. The van der Waals surface area contributed by atoms with Crippen LogP contribution in [-0.4, -0.2) is 20.2 Å². The Morgan fingerprint density at radius 2 is 2.42 bits per heavy atom. The zero-order chi connectivity index (χ0) is 9.19. The van der Waals surface area contributed by atoms with Crippen molar-refractivity contribution < 1.29 is 4.79 Å². The lowest BCUT2D eigenvalue weighted by molar-refractivity contribution is -0.116. The molecule has 0 saturated heterocycles. The molecule has 1 heterocycles. The van der Waals surface area contributed by atoms with Crippen molar-refractivity contribution in [1.29, 1.82) is 0 Å². The summed E-state index contributed by atoms with van der Waals surface area (Å²) in [5.41, 5.74) is 0. The van der Waals surface area contributed by atoms with Crippen LogP contribution in [-0.2, 0) is 4.79 Å². The van der Waals surface area contributed by atoms with Crippen LogP contribution in [0.3, 0.4) is 0 Å². The number of imidazole rings is 1. The Labute approximate surface area is 79.3 Å². The number of H-pyrrole nitrogens is 1. The van der Waals surface area contributed by atoms with Gasteiger partial charge in [0.05, 0.1) is 0 Å². The molecule has 1 aromatic rings. The normalized spacial score (nSPS) is 11.2. The van der Waals surface area contributed by atoms with Gasteiger partial charge in [-0.3, -0.25) is 10.1 Å². The number of amides is 1. The van der Waals surface area contributed by atoms with Gasteiger partial charge in [0.1, 0.15) is 0 Å². The lowest BCUT2D eigenvalue weighted by Gasteiger charge is -2.10. The largest absolute Gasteiger partial charge is 0.331 e. The van der Waals surface area contributed by atoms with E-state index in [1.54, 1.807) is 6.20 Å². The van der Waals surface area contributed by atoms with Crippen molar-refractivity contribution in [3.63, 3.8) is 0 Å². The van der Waals surface area contributed by atoms with E-state index in [9.17, 15) is 4.79 Å². The van der Waals surface area contributed by atoms with Crippen LogP contribution < -0.4 is 5.32 Å². The van der Waals surface area contributed by atoms with Crippen molar-refractivity contribution in [3.8, 4) is 0 Å². The average molecular weight is 208 g/mol. The van der Waals surface area contributed by atoms with Crippen LogP contribution in [0.4, 0.5) is 5.95 Å². The van der Waals surface area contributed by atoms with E-state index in [0.717, 1.165) is 0 Å². The number of nitrogens with one attached hydrogen (secondary N) is 2. The average Bonchev–Trinajstić information content (AvgIpc) is 2.37. The molecule has 0 radical (unpaired) electrons. The molecular formula is C6H7Cl2N3O. The SMILES string of the molecule is CC(Cl)(Cl)C(=O)Nc1ncc[nH]1. The number of halogens is 2. The van der Waals surface area contributed by atoms with Gasteiger partial charge < -0.3 is 4.98 Å². The molecular weight excluding hydrogens is 201 g/mol. The standard InChI is InChI=1S/C6H7Cl2N3O/c1-6(7,8)4(12)11-5-9-2-3-10-5/h2-3H,1H3,(H2,9,10,11,12). The van der Waals surface area contributed by atoms with Gasteiger partial charge in [-0.1, -0.05) is 23.2 Å². The summed E-state index contributed by atoms with van der Waals surface area (Å²) in [6.45, 7) is 1.38. The molecule has 0 saturated carbocycles. The van der Waals surface area contributed by atoms with E-state index < -0.39 is 10.2 Å². The lowest BCUT2D eigenvalue weighted by Crippen LogP contribution is -2.29. The molecule has 12 heavy (non-hydrogen) atoms. The van der Waals surface area contributed by atoms with Gasteiger partial charge in [-0.2, -0.15) is 0 Å². The Hall–Kier alpha value is -0.740. The lowest BCUT2D eigenvalue weighted by atomic mass is 10.4. The first-order valence-electron chi connectivity index (χ1n) is 3.19. The molecule has 1 rings (SSSR count). The molecule has 1 amide bonds. The third kappa shape index (κ3) is 2.39. The molecule has 0 atom stereocenters. The van der Waals surface area contributed by atoms with E-state index in [2.05, 4.69) is 15.3 Å². The predicted octanol–water partition coefficient (Wildman–Crippen LogP) is 1.54. The highest BCUT2D eigenvalue weighted by Gasteiger charge is 2.27. The predicted molar refractivity (Wildman–Crippen MR) is 47.3 cm³/mol. The van der Waals surface area contributed by atoms with Crippen LogP contribution in [0.15, 0.2) is 12.4 Å². The molecule has 0 aliphatic carbocycles. The fourth-order valence-electron chi connectivity index (χ4n) is 0.551. The maximum Gasteiger partial charge on any atom is 0.262 e. The number of hydrogen-bond donors (Lipinski definition) is 2.